The van der Waals surface area contributed by atoms with Crippen molar-refractivity contribution in [3.05, 3.63) is 48.6 Å². The third kappa shape index (κ3) is 17.2. The van der Waals surface area contributed by atoms with Gasteiger partial charge in [-0.3, -0.25) is 4.79 Å². The summed E-state index contributed by atoms with van der Waals surface area (Å²) in [6, 6.07) is 0. The fourth-order valence-corrected chi connectivity index (χ4v) is 2.24. The number of allylic oxidation sites excluding steroid dienone is 8. The van der Waals surface area contributed by atoms with Crippen LogP contribution in [0.15, 0.2) is 48.6 Å². The van der Waals surface area contributed by atoms with Crippen LogP contribution in [0.5, 0.6) is 0 Å². The minimum absolute atomic E-state index is 0.115. The molecule has 0 aromatic heterocycles. The second-order valence-corrected chi connectivity index (χ2v) is 6.20. The summed E-state index contributed by atoms with van der Waals surface area (Å²) in [6.07, 6.45) is 25.1. The maximum absolute atomic E-state index is 11.4. The second kappa shape index (κ2) is 19.7. The van der Waals surface area contributed by atoms with Crippen molar-refractivity contribution in [3.8, 4) is 0 Å². The van der Waals surface area contributed by atoms with Gasteiger partial charge in [0, 0.05) is 6.54 Å². The molecule has 0 aromatic rings. The van der Waals surface area contributed by atoms with E-state index in [1.165, 1.54) is 25.7 Å². The molecule has 1 atom stereocenters. The van der Waals surface area contributed by atoms with E-state index in [9.17, 15) is 9.90 Å². The smallest absolute Gasteiger partial charge is 0.248 e. The summed E-state index contributed by atoms with van der Waals surface area (Å²) in [5.74, 6) is -0.421. The Morgan fingerprint density at radius 3 is 1.96 bits per heavy atom. The molecule has 0 aliphatic carbocycles. The maximum atomic E-state index is 11.4. The van der Waals surface area contributed by atoms with Crippen LogP contribution in [0, 0.1) is 0 Å². The van der Waals surface area contributed by atoms with Crippen molar-refractivity contribution >= 4 is 5.91 Å². The number of hydrogen-bond acceptors (Lipinski definition) is 3. The van der Waals surface area contributed by atoms with Crippen LogP contribution < -0.4 is 5.32 Å². The summed E-state index contributed by atoms with van der Waals surface area (Å²) >= 11 is 0. The molecule has 0 spiro atoms. The molecule has 0 saturated heterocycles. The minimum Gasteiger partial charge on any atom is -0.395 e. The van der Waals surface area contributed by atoms with Crippen LogP contribution in [0.1, 0.15) is 64.7 Å². The summed E-state index contributed by atoms with van der Waals surface area (Å²) in [5, 5.41) is 20.7. The predicted molar refractivity (Wildman–Crippen MR) is 110 cm³/mol. The minimum atomic E-state index is -1.01. The van der Waals surface area contributed by atoms with Crippen LogP contribution in [-0.2, 0) is 4.79 Å². The van der Waals surface area contributed by atoms with E-state index in [-0.39, 0.29) is 13.2 Å². The van der Waals surface area contributed by atoms with Gasteiger partial charge in [-0.2, -0.15) is 0 Å². The van der Waals surface area contributed by atoms with Crippen LogP contribution in [-0.4, -0.2) is 35.4 Å². The molecule has 0 aliphatic rings. The summed E-state index contributed by atoms with van der Waals surface area (Å²) in [4.78, 5) is 11.4. The molecule has 26 heavy (non-hydrogen) atoms. The molecule has 0 radical (unpaired) electrons. The highest BCUT2D eigenvalue weighted by atomic mass is 16.3. The molecule has 0 aliphatic heterocycles. The van der Waals surface area contributed by atoms with Crippen LogP contribution in [0.25, 0.3) is 0 Å². The Kier molecular flexibility index (Phi) is 18.4. The lowest BCUT2D eigenvalue weighted by Crippen LogP contribution is -2.36. The number of hydrogen-bond donors (Lipinski definition) is 3. The molecule has 0 heterocycles. The number of unbranched alkanes of at least 4 members (excludes halogenated alkanes) is 3. The highest BCUT2D eigenvalue weighted by Gasteiger charge is 2.12. The van der Waals surface area contributed by atoms with Crippen molar-refractivity contribution in [1.29, 1.82) is 0 Å². The zero-order chi connectivity index (χ0) is 19.3. The topological polar surface area (TPSA) is 69.6 Å². The van der Waals surface area contributed by atoms with Gasteiger partial charge in [-0.15, -0.1) is 0 Å². The first kappa shape index (κ1) is 24.4. The number of aliphatic hydroxyl groups excluding tert-OH is 2. The van der Waals surface area contributed by atoms with E-state index in [1.54, 1.807) is 0 Å². The molecule has 1 amide bonds. The van der Waals surface area contributed by atoms with Crippen molar-refractivity contribution in [3.63, 3.8) is 0 Å². The van der Waals surface area contributed by atoms with Crippen molar-refractivity contribution in [1.82, 2.24) is 5.32 Å². The number of amides is 1. The molecule has 0 aromatic carbocycles. The van der Waals surface area contributed by atoms with Gasteiger partial charge < -0.3 is 15.5 Å². The molecule has 0 saturated carbocycles. The lowest BCUT2D eigenvalue weighted by molar-refractivity contribution is -0.129. The Bertz CT molecular complexity index is 439. The van der Waals surface area contributed by atoms with Crippen LogP contribution in [0.4, 0.5) is 0 Å². The van der Waals surface area contributed by atoms with E-state index < -0.39 is 12.0 Å². The SMILES string of the molecule is CCCCC/C=C\C/C=C\C/C=C\C/C=C\CCC(O)C(=O)NCCO. The molecule has 148 valence electrons. The van der Waals surface area contributed by atoms with E-state index in [1.807, 2.05) is 12.2 Å². The van der Waals surface area contributed by atoms with Gasteiger partial charge in [0.2, 0.25) is 5.91 Å². The average Bonchev–Trinajstić information content (AvgIpc) is 2.65. The zero-order valence-corrected chi connectivity index (χ0v) is 16.3. The average molecular weight is 364 g/mol. The zero-order valence-electron chi connectivity index (χ0n) is 16.3. The van der Waals surface area contributed by atoms with Gasteiger partial charge in [-0.25, -0.2) is 0 Å². The van der Waals surface area contributed by atoms with Gasteiger partial charge in [-0.1, -0.05) is 68.4 Å². The van der Waals surface area contributed by atoms with Crippen molar-refractivity contribution < 1.29 is 15.0 Å². The first-order chi connectivity index (χ1) is 12.7. The van der Waals surface area contributed by atoms with Gasteiger partial charge in [0.25, 0.3) is 0 Å². The molecule has 1 unspecified atom stereocenters. The third-order valence-electron chi connectivity index (χ3n) is 3.78. The largest absolute Gasteiger partial charge is 0.395 e. The first-order valence-corrected chi connectivity index (χ1v) is 9.89. The van der Waals surface area contributed by atoms with Crippen LogP contribution >= 0.6 is 0 Å². The molecular formula is C22H37NO3. The number of aliphatic hydroxyl groups is 2. The highest BCUT2D eigenvalue weighted by Crippen LogP contribution is 2.01. The molecule has 4 heteroatoms. The van der Waals surface area contributed by atoms with Crippen molar-refractivity contribution in [2.45, 2.75) is 70.8 Å². The monoisotopic (exact) mass is 363 g/mol. The Morgan fingerprint density at radius 2 is 1.42 bits per heavy atom. The fourth-order valence-electron chi connectivity index (χ4n) is 2.24. The standard InChI is InChI=1S/C22H37NO3/c1-2-3-4-5-6-7-8-9-10-11-12-13-14-15-16-17-18-21(25)22(26)23-19-20-24/h6-7,9-10,12-13,15-16,21,24-25H,2-5,8,11,14,17-20H2,1H3,(H,23,26)/b7-6-,10-9-,13-12-,16-15-. The lowest BCUT2D eigenvalue weighted by Gasteiger charge is -2.08. The molecule has 4 nitrogen and oxygen atoms in total. The summed E-state index contributed by atoms with van der Waals surface area (Å²) in [5.41, 5.74) is 0. The Hall–Kier alpha value is -1.65. The number of carbonyl (C=O) groups is 1. The van der Waals surface area contributed by atoms with Gasteiger partial charge in [0.05, 0.1) is 6.61 Å². The maximum Gasteiger partial charge on any atom is 0.248 e. The third-order valence-corrected chi connectivity index (χ3v) is 3.78. The quantitative estimate of drug-likeness (QED) is 0.284. The van der Waals surface area contributed by atoms with Crippen LogP contribution in [0.3, 0.4) is 0 Å². The summed E-state index contributed by atoms with van der Waals surface area (Å²) in [7, 11) is 0. The van der Waals surface area contributed by atoms with Gasteiger partial charge in [-0.05, 0) is 44.9 Å². The van der Waals surface area contributed by atoms with Gasteiger partial charge >= 0.3 is 0 Å². The van der Waals surface area contributed by atoms with Gasteiger partial charge in [0.15, 0.2) is 0 Å². The predicted octanol–water partition coefficient (Wildman–Crippen LogP) is 4.21. The van der Waals surface area contributed by atoms with E-state index in [2.05, 4.69) is 48.7 Å². The van der Waals surface area contributed by atoms with Gasteiger partial charge in [0.1, 0.15) is 6.10 Å². The Labute approximate surface area is 159 Å². The Morgan fingerprint density at radius 1 is 0.885 bits per heavy atom. The molecular weight excluding hydrogens is 326 g/mol. The number of carbonyl (C=O) groups excluding carboxylic acids is 1. The van der Waals surface area contributed by atoms with Crippen molar-refractivity contribution in [2.24, 2.45) is 0 Å². The Balaban J connectivity index is 3.58. The highest BCUT2D eigenvalue weighted by molar-refractivity contribution is 5.80. The lowest BCUT2D eigenvalue weighted by atomic mass is 10.1. The van der Waals surface area contributed by atoms with E-state index >= 15 is 0 Å². The molecule has 0 rings (SSSR count). The van der Waals surface area contributed by atoms with E-state index in [0.29, 0.717) is 12.8 Å². The van der Waals surface area contributed by atoms with E-state index in [0.717, 1.165) is 19.3 Å². The summed E-state index contributed by atoms with van der Waals surface area (Å²) in [6.45, 7) is 2.29. The number of rotatable bonds is 16. The normalized spacial score (nSPS) is 13.5. The molecule has 0 fully saturated rings. The number of nitrogens with one attached hydrogen (secondary N) is 1. The fraction of sp³-hybridized carbons (Fsp3) is 0.591. The van der Waals surface area contributed by atoms with E-state index in [4.69, 9.17) is 5.11 Å². The van der Waals surface area contributed by atoms with Crippen molar-refractivity contribution in [2.75, 3.05) is 13.2 Å². The first-order valence-electron chi connectivity index (χ1n) is 9.89. The van der Waals surface area contributed by atoms with Crippen LogP contribution in [0.2, 0.25) is 0 Å². The summed E-state index contributed by atoms with van der Waals surface area (Å²) < 4.78 is 0. The second-order valence-electron chi connectivity index (χ2n) is 6.20. The molecule has 0 bridgehead atoms. The molecule has 3 N–H and O–H groups in total.